The van der Waals surface area contributed by atoms with Crippen molar-refractivity contribution in [2.45, 2.75) is 31.0 Å². The molecular formula is C15H17F2N9O4. The number of alkyl halides is 2. The number of aromatic amines is 1. The lowest BCUT2D eigenvalue weighted by Gasteiger charge is -2.17. The molecule has 15 heteroatoms. The van der Waals surface area contributed by atoms with Crippen LogP contribution < -0.4 is 10.6 Å². The first-order valence-electron chi connectivity index (χ1n) is 8.76. The van der Waals surface area contributed by atoms with Crippen molar-refractivity contribution in [3.63, 3.8) is 0 Å². The van der Waals surface area contributed by atoms with Gasteiger partial charge in [0.25, 0.3) is 12.3 Å². The summed E-state index contributed by atoms with van der Waals surface area (Å²) >= 11 is 0. The van der Waals surface area contributed by atoms with Gasteiger partial charge in [-0.05, 0) is 0 Å². The van der Waals surface area contributed by atoms with Crippen LogP contribution in [0.2, 0.25) is 0 Å². The zero-order valence-electron chi connectivity index (χ0n) is 15.4. The number of halogens is 2. The van der Waals surface area contributed by atoms with Gasteiger partial charge < -0.3 is 25.6 Å². The van der Waals surface area contributed by atoms with Crippen LogP contribution in [-0.4, -0.2) is 89.4 Å². The fraction of sp³-hybridized carbons (Fsp3) is 0.467. The van der Waals surface area contributed by atoms with Gasteiger partial charge in [-0.3, -0.25) is 9.36 Å². The molecule has 0 aliphatic carbocycles. The van der Waals surface area contributed by atoms with E-state index in [1.165, 1.54) is 24.1 Å². The Hall–Kier alpha value is -3.30. The Bertz CT molecular complexity index is 1040. The molecule has 1 amide bonds. The average Bonchev–Trinajstić information content (AvgIpc) is 3.46. The number of aromatic nitrogens is 7. The molecule has 0 unspecified atom stereocenters. The quantitative estimate of drug-likeness (QED) is 0.317. The normalized spacial score (nSPS) is 23.9. The Balaban J connectivity index is 1.79. The smallest absolute Gasteiger partial charge is 0.255 e. The van der Waals surface area contributed by atoms with E-state index in [-0.39, 0.29) is 28.5 Å². The third-order valence-corrected chi connectivity index (χ3v) is 4.51. The third-order valence-electron chi connectivity index (χ3n) is 4.51. The molecule has 0 spiro atoms. The zero-order chi connectivity index (χ0) is 21.4. The number of nitrogens with zero attached hydrogens (tertiary/aromatic N) is 6. The highest BCUT2D eigenvalue weighted by Crippen LogP contribution is 2.33. The van der Waals surface area contributed by atoms with Crippen molar-refractivity contribution in [2.24, 2.45) is 0 Å². The Kier molecular flexibility index (Phi) is 5.23. The van der Waals surface area contributed by atoms with Crippen molar-refractivity contribution >= 4 is 22.9 Å². The van der Waals surface area contributed by atoms with Crippen molar-refractivity contribution in [3.8, 4) is 11.5 Å². The van der Waals surface area contributed by atoms with Gasteiger partial charge in [0.2, 0.25) is 0 Å². The summed E-state index contributed by atoms with van der Waals surface area (Å²) < 4.78 is 32.2. The Labute approximate surface area is 166 Å². The van der Waals surface area contributed by atoms with Gasteiger partial charge in [-0.15, -0.1) is 0 Å². The minimum atomic E-state index is -2.64. The molecule has 1 fully saturated rings. The Morgan fingerprint density at radius 3 is 2.83 bits per heavy atom. The molecule has 0 radical (unpaired) electrons. The van der Waals surface area contributed by atoms with Crippen LogP contribution in [0.4, 0.5) is 14.6 Å². The van der Waals surface area contributed by atoms with Gasteiger partial charge in [0, 0.05) is 7.05 Å². The summed E-state index contributed by atoms with van der Waals surface area (Å²) in [7, 11) is 1.36. The van der Waals surface area contributed by atoms with Crippen LogP contribution in [0.5, 0.6) is 0 Å². The van der Waals surface area contributed by atoms with E-state index >= 15 is 0 Å². The van der Waals surface area contributed by atoms with Crippen LogP contribution >= 0.6 is 0 Å². The van der Waals surface area contributed by atoms with Gasteiger partial charge in [-0.1, -0.05) is 0 Å². The van der Waals surface area contributed by atoms with Crippen LogP contribution in [0.3, 0.4) is 0 Å². The monoisotopic (exact) mass is 425 g/mol. The highest BCUT2D eigenvalue weighted by Gasteiger charge is 2.47. The predicted octanol–water partition coefficient (Wildman–Crippen LogP) is -1.35. The topological polar surface area (TPSA) is 176 Å². The lowest BCUT2D eigenvalue weighted by atomic mass is 10.1. The molecule has 0 saturated carbocycles. The van der Waals surface area contributed by atoms with Gasteiger partial charge in [0.1, 0.15) is 17.9 Å². The number of fused-ring (bicyclic) bond motifs is 1. The standard InChI is InChI=1S/C15H17F2N9O4/c1-18-14(29)10-8(27)9(28)15(30-10)26-4-20-7-12(19-3-6(16)17)22-11(23-13(7)26)5-2-21-25-24-5/h2,4,6,8-10,15,27-28H,3H2,1H3,(H,18,29)(H,19,22,23)(H,21,24,25)/t8-,9+,10-,15+/m0/s1. The second-order valence-corrected chi connectivity index (χ2v) is 6.39. The fourth-order valence-corrected chi connectivity index (χ4v) is 3.07. The molecule has 5 N–H and O–H groups in total. The second-order valence-electron chi connectivity index (χ2n) is 6.39. The summed E-state index contributed by atoms with van der Waals surface area (Å²) in [6.07, 6.45) is -5.57. The number of nitrogens with one attached hydrogen (secondary N) is 3. The molecule has 4 heterocycles. The minimum absolute atomic E-state index is 0.00735. The number of carbonyl (C=O) groups excluding carboxylic acids is 1. The highest BCUT2D eigenvalue weighted by molar-refractivity contribution is 5.85. The molecule has 160 valence electrons. The van der Waals surface area contributed by atoms with Crippen molar-refractivity contribution < 1.29 is 28.5 Å². The Morgan fingerprint density at radius 2 is 2.17 bits per heavy atom. The van der Waals surface area contributed by atoms with Crippen molar-refractivity contribution in [3.05, 3.63) is 12.5 Å². The van der Waals surface area contributed by atoms with Crippen LogP contribution in [0.25, 0.3) is 22.7 Å². The number of H-pyrrole nitrogens is 1. The average molecular weight is 425 g/mol. The van der Waals surface area contributed by atoms with Crippen LogP contribution in [-0.2, 0) is 9.53 Å². The van der Waals surface area contributed by atoms with Crippen molar-refractivity contribution in [1.29, 1.82) is 0 Å². The van der Waals surface area contributed by atoms with E-state index in [0.29, 0.717) is 0 Å². The minimum Gasteiger partial charge on any atom is -0.387 e. The van der Waals surface area contributed by atoms with E-state index in [1.54, 1.807) is 0 Å². The van der Waals surface area contributed by atoms with Crippen molar-refractivity contribution in [1.82, 2.24) is 40.2 Å². The van der Waals surface area contributed by atoms with E-state index in [9.17, 15) is 23.8 Å². The molecule has 0 bridgehead atoms. The summed E-state index contributed by atoms with van der Waals surface area (Å²) in [6.45, 7) is -0.683. The first-order chi connectivity index (χ1) is 14.4. The first-order valence-corrected chi connectivity index (χ1v) is 8.76. The highest BCUT2D eigenvalue weighted by atomic mass is 19.3. The molecule has 1 aliphatic heterocycles. The maximum Gasteiger partial charge on any atom is 0.255 e. The number of ether oxygens (including phenoxy) is 1. The molecule has 0 aromatic carbocycles. The van der Waals surface area contributed by atoms with Crippen LogP contribution in [0, 0.1) is 0 Å². The van der Waals surface area contributed by atoms with Crippen molar-refractivity contribution in [2.75, 3.05) is 18.9 Å². The maximum atomic E-state index is 12.7. The molecular weight excluding hydrogens is 408 g/mol. The molecule has 1 aliphatic rings. The zero-order valence-corrected chi connectivity index (χ0v) is 15.4. The number of anilines is 1. The van der Waals surface area contributed by atoms with Gasteiger partial charge in [0.05, 0.1) is 19.1 Å². The van der Waals surface area contributed by atoms with Gasteiger partial charge >= 0.3 is 0 Å². The molecule has 3 aromatic heterocycles. The molecule has 4 rings (SSSR count). The fourth-order valence-electron chi connectivity index (χ4n) is 3.07. The molecule has 3 aromatic rings. The number of aliphatic hydroxyl groups is 2. The van der Waals surface area contributed by atoms with E-state index in [2.05, 4.69) is 41.0 Å². The number of hydrogen-bond acceptors (Lipinski definition) is 10. The summed E-state index contributed by atoms with van der Waals surface area (Å²) in [6, 6.07) is 0. The van der Waals surface area contributed by atoms with Gasteiger partial charge in [0.15, 0.2) is 35.1 Å². The van der Waals surface area contributed by atoms with Crippen LogP contribution in [0.1, 0.15) is 6.23 Å². The number of carbonyl (C=O) groups is 1. The third kappa shape index (κ3) is 3.42. The number of amides is 1. The Morgan fingerprint density at radius 1 is 1.37 bits per heavy atom. The molecule has 1 saturated heterocycles. The number of aliphatic hydroxyl groups excluding tert-OH is 2. The summed E-state index contributed by atoms with van der Waals surface area (Å²) in [5.41, 5.74) is 0.464. The largest absolute Gasteiger partial charge is 0.387 e. The number of imidazole rings is 1. The molecule has 13 nitrogen and oxygen atoms in total. The summed E-state index contributed by atoms with van der Waals surface area (Å²) in [5, 5.41) is 35.4. The maximum absolute atomic E-state index is 12.7. The van der Waals surface area contributed by atoms with E-state index < -0.39 is 43.4 Å². The lowest BCUT2D eigenvalue weighted by molar-refractivity contribution is -0.137. The lowest BCUT2D eigenvalue weighted by Crippen LogP contribution is -2.41. The molecule has 4 atom stereocenters. The predicted molar refractivity (Wildman–Crippen MR) is 95.2 cm³/mol. The number of hydrogen-bond donors (Lipinski definition) is 5. The summed E-state index contributed by atoms with van der Waals surface area (Å²) in [5.74, 6) is -0.565. The number of rotatable bonds is 6. The summed E-state index contributed by atoms with van der Waals surface area (Å²) in [4.78, 5) is 24.5. The van der Waals surface area contributed by atoms with E-state index in [1.807, 2.05) is 0 Å². The second kappa shape index (κ2) is 7.85. The van der Waals surface area contributed by atoms with Crippen LogP contribution in [0.15, 0.2) is 12.5 Å². The van der Waals surface area contributed by atoms with Gasteiger partial charge in [-0.25, -0.2) is 23.7 Å². The SMILES string of the molecule is CNC(=O)[C@H]1O[C@@H](n2cnc3c(NCC(F)F)nc(-c4cn[nH]n4)nc32)[C@H](O)[C@@H]1O. The number of likely N-dealkylation sites (N-methyl/N-ethyl adjacent to an activating group) is 1. The van der Waals surface area contributed by atoms with E-state index in [0.717, 1.165) is 0 Å². The molecule has 30 heavy (non-hydrogen) atoms. The first kappa shape index (κ1) is 20.0. The van der Waals surface area contributed by atoms with E-state index in [4.69, 9.17) is 4.74 Å². The van der Waals surface area contributed by atoms with Gasteiger partial charge in [-0.2, -0.15) is 15.4 Å².